The molecule has 0 radical (unpaired) electrons. The van der Waals surface area contributed by atoms with Crippen molar-refractivity contribution in [3.63, 3.8) is 0 Å². The van der Waals surface area contributed by atoms with Crippen LogP contribution in [0.25, 0.3) is 11.1 Å². The Morgan fingerprint density at radius 1 is 1.11 bits per heavy atom. The Hall–Kier alpha value is -1.61. The van der Waals surface area contributed by atoms with Crippen molar-refractivity contribution in [1.82, 2.24) is 0 Å². The molecule has 0 spiro atoms. The van der Waals surface area contributed by atoms with Gasteiger partial charge in [-0.05, 0) is 54.3 Å². The lowest BCUT2D eigenvalue weighted by Crippen LogP contribution is -2.01. The van der Waals surface area contributed by atoms with E-state index in [0.29, 0.717) is 5.56 Å². The van der Waals surface area contributed by atoms with Gasteiger partial charge in [0.05, 0.1) is 5.56 Å². The van der Waals surface area contributed by atoms with E-state index in [2.05, 4.69) is 15.9 Å². The van der Waals surface area contributed by atoms with E-state index < -0.39 is 5.97 Å². The largest absolute Gasteiger partial charge is 0.478 e. The van der Waals surface area contributed by atoms with Gasteiger partial charge in [-0.2, -0.15) is 0 Å². The number of rotatable bonds is 2. The number of aromatic carboxylic acids is 1. The van der Waals surface area contributed by atoms with E-state index in [0.717, 1.165) is 26.7 Å². The second-order valence-electron chi connectivity index (χ2n) is 4.30. The summed E-state index contributed by atoms with van der Waals surface area (Å²) in [4.78, 5) is 11.2. The maximum absolute atomic E-state index is 11.2. The molecule has 0 saturated heterocycles. The Morgan fingerprint density at radius 2 is 1.83 bits per heavy atom. The minimum atomic E-state index is -0.885. The van der Waals surface area contributed by atoms with Crippen molar-refractivity contribution in [2.75, 3.05) is 0 Å². The van der Waals surface area contributed by atoms with Crippen LogP contribution in [0, 0.1) is 13.8 Å². The Labute approximate surface area is 114 Å². The molecule has 0 bridgehead atoms. The van der Waals surface area contributed by atoms with Gasteiger partial charge >= 0.3 is 5.97 Å². The maximum atomic E-state index is 11.2. The Balaban J connectivity index is 2.64. The molecule has 0 amide bonds. The van der Waals surface area contributed by atoms with E-state index in [1.54, 1.807) is 6.07 Å². The fraction of sp³-hybridized carbons (Fsp3) is 0.133. The summed E-state index contributed by atoms with van der Waals surface area (Å²) in [6.45, 7) is 3.82. The first kappa shape index (κ1) is 12.8. The molecule has 1 N–H and O–H groups in total. The normalized spacial score (nSPS) is 10.4. The Morgan fingerprint density at radius 3 is 2.44 bits per heavy atom. The second kappa shape index (κ2) is 4.94. The molecule has 18 heavy (non-hydrogen) atoms. The van der Waals surface area contributed by atoms with Crippen molar-refractivity contribution in [2.24, 2.45) is 0 Å². The summed E-state index contributed by atoms with van der Waals surface area (Å²) in [7, 11) is 0. The average Bonchev–Trinajstić information content (AvgIpc) is 2.28. The minimum Gasteiger partial charge on any atom is -0.478 e. The third kappa shape index (κ3) is 2.46. The lowest BCUT2D eigenvalue weighted by molar-refractivity contribution is 0.0696. The molecule has 0 heterocycles. The topological polar surface area (TPSA) is 37.3 Å². The van der Waals surface area contributed by atoms with Crippen molar-refractivity contribution >= 4 is 21.9 Å². The van der Waals surface area contributed by atoms with Gasteiger partial charge in [0.1, 0.15) is 0 Å². The van der Waals surface area contributed by atoms with E-state index in [-0.39, 0.29) is 0 Å². The summed E-state index contributed by atoms with van der Waals surface area (Å²) >= 11 is 3.43. The number of benzene rings is 2. The zero-order valence-electron chi connectivity index (χ0n) is 10.2. The predicted octanol–water partition coefficient (Wildman–Crippen LogP) is 4.43. The molecule has 0 aliphatic rings. The lowest BCUT2D eigenvalue weighted by atomic mass is 9.95. The fourth-order valence-corrected chi connectivity index (χ4v) is 2.45. The third-order valence-electron chi connectivity index (χ3n) is 2.94. The van der Waals surface area contributed by atoms with Crippen LogP contribution >= 0.6 is 15.9 Å². The highest BCUT2D eigenvalue weighted by Gasteiger charge is 2.11. The molecule has 92 valence electrons. The SMILES string of the molecule is Cc1cc(C)c(-c2cccc(Br)c2)cc1C(=O)O. The van der Waals surface area contributed by atoms with Gasteiger partial charge in [0.15, 0.2) is 0 Å². The van der Waals surface area contributed by atoms with E-state index in [1.165, 1.54) is 0 Å². The van der Waals surface area contributed by atoms with Crippen LogP contribution in [0.3, 0.4) is 0 Å². The van der Waals surface area contributed by atoms with Gasteiger partial charge in [0, 0.05) is 4.47 Å². The molecule has 3 heteroatoms. The second-order valence-corrected chi connectivity index (χ2v) is 5.21. The number of aryl methyl sites for hydroxylation is 2. The van der Waals surface area contributed by atoms with Crippen LogP contribution in [-0.2, 0) is 0 Å². The Kier molecular flexibility index (Phi) is 3.53. The van der Waals surface area contributed by atoms with Crippen LogP contribution in [-0.4, -0.2) is 11.1 Å². The van der Waals surface area contributed by atoms with Crippen molar-refractivity contribution in [1.29, 1.82) is 0 Å². The minimum absolute atomic E-state index is 0.357. The smallest absolute Gasteiger partial charge is 0.335 e. The monoisotopic (exact) mass is 304 g/mol. The highest BCUT2D eigenvalue weighted by atomic mass is 79.9. The molecule has 0 aliphatic carbocycles. The fourth-order valence-electron chi connectivity index (χ4n) is 2.05. The summed E-state index contributed by atoms with van der Waals surface area (Å²) < 4.78 is 0.983. The van der Waals surface area contributed by atoms with Gasteiger partial charge in [-0.25, -0.2) is 4.79 Å². The van der Waals surface area contributed by atoms with Crippen molar-refractivity contribution in [2.45, 2.75) is 13.8 Å². The number of hydrogen-bond acceptors (Lipinski definition) is 1. The number of carboxylic acid groups (broad SMARTS) is 1. The lowest BCUT2D eigenvalue weighted by Gasteiger charge is -2.10. The van der Waals surface area contributed by atoms with Crippen molar-refractivity contribution in [3.8, 4) is 11.1 Å². The highest BCUT2D eigenvalue weighted by molar-refractivity contribution is 9.10. The molecule has 0 aliphatic heterocycles. The molecule has 0 aromatic heterocycles. The molecule has 2 rings (SSSR count). The van der Waals surface area contributed by atoms with Gasteiger partial charge in [-0.15, -0.1) is 0 Å². The quantitative estimate of drug-likeness (QED) is 0.891. The molecular formula is C15H13BrO2. The van der Waals surface area contributed by atoms with Crippen LogP contribution in [0.2, 0.25) is 0 Å². The zero-order valence-corrected chi connectivity index (χ0v) is 11.8. The molecule has 2 aromatic carbocycles. The molecule has 2 nitrogen and oxygen atoms in total. The highest BCUT2D eigenvalue weighted by Crippen LogP contribution is 2.28. The van der Waals surface area contributed by atoms with Gasteiger partial charge in [0.2, 0.25) is 0 Å². The number of carboxylic acids is 1. The molecule has 2 aromatic rings. The first-order valence-electron chi connectivity index (χ1n) is 5.59. The van der Waals surface area contributed by atoms with E-state index in [9.17, 15) is 9.90 Å². The van der Waals surface area contributed by atoms with E-state index >= 15 is 0 Å². The standard InChI is InChI=1S/C15H13BrO2/c1-9-6-10(2)14(15(17)18)8-13(9)11-4-3-5-12(16)7-11/h3-8H,1-2H3,(H,17,18). The molecule has 0 fully saturated rings. The number of carbonyl (C=O) groups is 1. The van der Waals surface area contributed by atoms with Crippen LogP contribution in [0.5, 0.6) is 0 Å². The third-order valence-corrected chi connectivity index (χ3v) is 3.43. The zero-order chi connectivity index (χ0) is 13.3. The summed E-state index contributed by atoms with van der Waals surface area (Å²) in [5, 5.41) is 9.17. The van der Waals surface area contributed by atoms with E-state index in [4.69, 9.17) is 0 Å². The average molecular weight is 305 g/mol. The van der Waals surface area contributed by atoms with Crippen LogP contribution in [0.4, 0.5) is 0 Å². The first-order valence-corrected chi connectivity index (χ1v) is 6.39. The Bertz CT molecular complexity index is 618. The number of halogens is 1. The van der Waals surface area contributed by atoms with Gasteiger partial charge in [0.25, 0.3) is 0 Å². The number of hydrogen-bond donors (Lipinski definition) is 1. The molecule has 0 atom stereocenters. The van der Waals surface area contributed by atoms with Crippen molar-refractivity contribution < 1.29 is 9.90 Å². The van der Waals surface area contributed by atoms with Crippen LogP contribution in [0.1, 0.15) is 21.5 Å². The van der Waals surface area contributed by atoms with Gasteiger partial charge in [-0.3, -0.25) is 0 Å². The summed E-state index contributed by atoms with van der Waals surface area (Å²) in [6.07, 6.45) is 0. The molecule has 0 saturated carbocycles. The van der Waals surface area contributed by atoms with Crippen LogP contribution < -0.4 is 0 Å². The summed E-state index contributed by atoms with van der Waals surface area (Å²) in [6, 6.07) is 11.5. The molecule has 0 unspecified atom stereocenters. The van der Waals surface area contributed by atoms with Gasteiger partial charge in [-0.1, -0.05) is 34.1 Å². The summed E-state index contributed by atoms with van der Waals surface area (Å²) in [5.41, 5.74) is 4.20. The predicted molar refractivity (Wildman–Crippen MR) is 76.0 cm³/mol. The van der Waals surface area contributed by atoms with Gasteiger partial charge < -0.3 is 5.11 Å². The first-order chi connectivity index (χ1) is 8.49. The van der Waals surface area contributed by atoms with E-state index in [1.807, 2.05) is 44.2 Å². The molecular weight excluding hydrogens is 292 g/mol. The van der Waals surface area contributed by atoms with Crippen molar-refractivity contribution in [3.05, 3.63) is 57.6 Å². The maximum Gasteiger partial charge on any atom is 0.335 e. The van der Waals surface area contributed by atoms with Crippen LogP contribution in [0.15, 0.2) is 40.9 Å². The summed E-state index contributed by atoms with van der Waals surface area (Å²) in [5.74, 6) is -0.885.